The molecule has 0 bridgehead atoms. The van der Waals surface area contributed by atoms with Crippen LogP contribution in [0.3, 0.4) is 0 Å². The van der Waals surface area contributed by atoms with Crippen LogP contribution in [0, 0.1) is 11.8 Å². The summed E-state index contributed by atoms with van der Waals surface area (Å²) in [4.78, 5) is 26.7. The Morgan fingerprint density at radius 2 is 1.84 bits per heavy atom. The number of aliphatic hydroxyl groups excluding tert-OH is 1. The first kappa shape index (κ1) is 26.1. The summed E-state index contributed by atoms with van der Waals surface area (Å²) >= 11 is 0. The van der Waals surface area contributed by atoms with E-state index in [9.17, 15) is 14.7 Å². The molecule has 0 unspecified atom stereocenters. The number of ketones is 1. The minimum atomic E-state index is -0.377. The summed E-state index contributed by atoms with van der Waals surface area (Å²) in [5.41, 5.74) is 0. The first-order chi connectivity index (χ1) is 14.9. The Morgan fingerprint density at radius 1 is 1.13 bits per heavy atom. The SMILES string of the molecule is CCCCC[C@@H](O)/C=C/[C@H]1CCC(=O)[C@@H]1CCCCCCC(=O)N1C[C@@H](C)O[C@@H](C)C1. The molecule has 1 amide bonds. The maximum atomic E-state index is 12.4. The van der Waals surface area contributed by atoms with E-state index in [-0.39, 0.29) is 30.1 Å². The van der Waals surface area contributed by atoms with E-state index in [1.807, 2.05) is 24.8 Å². The van der Waals surface area contributed by atoms with Gasteiger partial charge in [0, 0.05) is 31.8 Å². The number of morpholine rings is 1. The second-order valence-corrected chi connectivity index (χ2v) is 9.73. The number of aliphatic hydroxyl groups is 1. The Hall–Kier alpha value is -1.20. The van der Waals surface area contributed by atoms with Crippen molar-refractivity contribution in [1.29, 1.82) is 0 Å². The fraction of sp³-hybridized carbons (Fsp3) is 0.846. The molecule has 1 aliphatic heterocycles. The molecule has 5 heteroatoms. The van der Waals surface area contributed by atoms with Crippen LogP contribution in [0.5, 0.6) is 0 Å². The van der Waals surface area contributed by atoms with E-state index in [0.29, 0.717) is 37.6 Å². The summed E-state index contributed by atoms with van der Waals surface area (Å²) in [6, 6.07) is 0. The van der Waals surface area contributed by atoms with E-state index >= 15 is 0 Å². The zero-order valence-corrected chi connectivity index (χ0v) is 20.1. The van der Waals surface area contributed by atoms with Crippen molar-refractivity contribution >= 4 is 11.7 Å². The predicted octanol–water partition coefficient (Wildman–Crippen LogP) is 5.06. The molecular weight excluding hydrogens is 390 g/mol. The van der Waals surface area contributed by atoms with Gasteiger partial charge < -0.3 is 14.7 Å². The first-order valence-electron chi connectivity index (χ1n) is 12.7. The molecule has 0 aromatic rings. The molecule has 0 spiro atoms. The maximum Gasteiger partial charge on any atom is 0.222 e. The minimum Gasteiger partial charge on any atom is -0.389 e. The number of Topliss-reactive ketones (excluding diaryl/α,β-unsaturated/α-hetero) is 1. The zero-order chi connectivity index (χ0) is 22.6. The van der Waals surface area contributed by atoms with Crippen molar-refractivity contribution in [2.45, 2.75) is 116 Å². The molecule has 31 heavy (non-hydrogen) atoms. The quantitative estimate of drug-likeness (QED) is 0.324. The van der Waals surface area contributed by atoms with E-state index in [0.717, 1.165) is 64.2 Å². The van der Waals surface area contributed by atoms with Crippen LogP contribution in [-0.2, 0) is 14.3 Å². The van der Waals surface area contributed by atoms with Gasteiger partial charge in [-0.2, -0.15) is 0 Å². The average Bonchev–Trinajstić information content (AvgIpc) is 3.07. The molecule has 5 nitrogen and oxygen atoms in total. The lowest BCUT2D eigenvalue weighted by Crippen LogP contribution is -2.48. The van der Waals surface area contributed by atoms with Crippen molar-refractivity contribution in [3.8, 4) is 0 Å². The van der Waals surface area contributed by atoms with Gasteiger partial charge in [-0.25, -0.2) is 0 Å². The molecule has 1 aliphatic carbocycles. The Kier molecular flexibility index (Phi) is 11.8. The van der Waals surface area contributed by atoms with Crippen LogP contribution in [-0.4, -0.2) is 53.1 Å². The van der Waals surface area contributed by atoms with Crippen molar-refractivity contribution < 1.29 is 19.4 Å². The number of allylic oxidation sites excluding steroid dienone is 1. The molecule has 1 saturated carbocycles. The molecule has 1 heterocycles. The number of hydrogen-bond acceptors (Lipinski definition) is 4. The van der Waals surface area contributed by atoms with Gasteiger partial charge in [-0.3, -0.25) is 9.59 Å². The summed E-state index contributed by atoms with van der Waals surface area (Å²) in [6.07, 6.45) is 15.3. The van der Waals surface area contributed by atoms with E-state index < -0.39 is 0 Å². The number of amides is 1. The largest absolute Gasteiger partial charge is 0.389 e. The normalized spacial score (nSPS) is 27.9. The number of rotatable bonds is 13. The molecule has 1 N–H and O–H groups in total. The number of nitrogens with zero attached hydrogens (tertiary/aromatic N) is 1. The van der Waals surface area contributed by atoms with Gasteiger partial charge in [0.15, 0.2) is 0 Å². The van der Waals surface area contributed by atoms with E-state index in [1.165, 1.54) is 0 Å². The van der Waals surface area contributed by atoms with Crippen molar-refractivity contribution in [2.24, 2.45) is 11.8 Å². The fourth-order valence-electron chi connectivity index (χ4n) is 5.04. The van der Waals surface area contributed by atoms with Crippen molar-refractivity contribution in [2.75, 3.05) is 13.1 Å². The smallest absolute Gasteiger partial charge is 0.222 e. The van der Waals surface area contributed by atoms with Crippen LogP contribution in [0.1, 0.15) is 97.8 Å². The van der Waals surface area contributed by atoms with Crippen LogP contribution >= 0.6 is 0 Å². The predicted molar refractivity (Wildman–Crippen MR) is 125 cm³/mol. The zero-order valence-electron chi connectivity index (χ0n) is 20.1. The highest BCUT2D eigenvalue weighted by Gasteiger charge is 2.32. The number of carbonyl (C=O) groups excluding carboxylic acids is 2. The third-order valence-electron chi connectivity index (χ3n) is 6.77. The van der Waals surface area contributed by atoms with E-state index in [4.69, 9.17) is 4.74 Å². The number of ether oxygens (including phenoxy) is 1. The van der Waals surface area contributed by atoms with Gasteiger partial charge in [0.25, 0.3) is 0 Å². The Labute approximate surface area is 189 Å². The van der Waals surface area contributed by atoms with Crippen molar-refractivity contribution in [3.63, 3.8) is 0 Å². The average molecular weight is 436 g/mol. The molecule has 0 aromatic heterocycles. The Morgan fingerprint density at radius 3 is 2.55 bits per heavy atom. The van der Waals surface area contributed by atoms with Crippen molar-refractivity contribution in [3.05, 3.63) is 12.2 Å². The van der Waals surface area contributed by atoms with Gasteiger partial charge >= 0.3 is 0 Å². The Balaban J connectivity index is 1.61. The lowest BCUT2D eigenvalue weighted by Gasteiger charge is -2.35. The van der Waals surface area contributed by atoms with Crippen LogP contribution < -0.4 is 0 Å². The fourth-order valence-corrected chi connectivity index (χ4v) is 5.04. The van der Waals surface area contributed by atoms with Gasteiger partial charge in [0.05, 0.1) is 18.3 Å². The van der Waals surface area contributed by atoms with Crippen molar-refractivity contribution in [1.82, 2.24) is 4.90 Å². The highest BCUT2D eigenvalue weighted by Crippen LogP contribution is 2.34. The van der Waals surface area contributed by atoms with Gasteiger partial charge in [-0.15, -0.1) is 0 Å². The summed E-state index contributed by atoms with van der Waals surface area (Å²) in [6.45, 7) is 7.62. The monoisotopic (exact) mass is 435 g/mol. The summed E-state index contributed by atoms with van der Waals surface area (Å²) in [7, 11) is 0. The standard InChI is InChI=1S/C26H45NO4/c1-4-5-8-11-23(28)16-14-22-15-17-25(29)24(22)12-9-6-7-10-13-26(30)27-18-20(2)31-21(3)19-27/h14,16,20-24,28H,4-13,15,17-19H2,1-3H3/b16-14+/t20-,21+,22-,23+,24+/m0/s1. The molecular formula is C26H45NO4. The van der Waals surface area contributed by atoms with Gasteiger partial charge in [0.2, 0.25) is 5.91 Å². The molecule has 0 radical (unpaired) electrons. The first-order valence-corrected chi connectivity index (χ1v) is 12.7. The topological polar surface area (TPSA) is 66.8 Å². The van der Waals surface area contributed by atoms with Crippen LogP contribution in [0.25, 0.3) is 0 Å². The summed E-state index contributed by atoms with van der Waals surface area (Å²) in [5.74, 6) is 1.05. The molecule has 2 rings (SSSR count). The van der Waals surface area contributed by atoms with E-state index in [1.54, 1.807) is 0 Å². The van der Waals surface area contributed by atoms with Crippen LogP contribution in [0.4, 0.5) is 0 Å². The molecule has 5 atom stereocenters. The number of carbonyl (C=O) groups is 2. The molecule has 0 aromatic carbocycles. The van der Waals surface area contributed by atoms with Crippen LogP contribution in [0.2, 0.25) is 0 Å². The number of hydrogen-bond donors (Lipinski definition) is 1. The third-order valence-corrected chi connectivity index (χ3v) is 6.77. The summed E-state index contributed by atoms with van der Waals surface area (Å²) < 4.78 is 5.70. The number of unbranched alkanes of at least 4 members (excludes halogenated alkanes) is 5. The third kappa shape index (κ3) is 9.44. The molecule has 2 aliphatic rings. The van der Waals surface area contributed by atoms with Gasteiger partial charge in [-0.1, -0.05) is 57.6 Å². The molecule has 2 fully saturated rings. The maximum absolute atomic E-state index is 12.4. The Bertz CT molecular complexity index is 566. The van der Waals surface area contributed by atoms with E-state index in [2.05, 4.69) is 13.0 Å². The van der Waals surface area contributed by atoms with Crippen LogP contribution in [0.15, 0.2) is 12.2 Å². The molecule has 178 valence electrons. The highest BCUT2D eigenvalue weighted by atomic mass is 16.5. The second-order valence-electron chi connectivity index (χ2n) is 9.73. The van der Waals surface area contributed by atoms with Gasteiger partial charge in [-0.05, 0) is 45.4 Å². The molecule has 1 saturated heterocycles. The lowest BCUT2D eigenvalue weighted by molar-refractivity contribution is -0.143. The van der Waals surface area contributed by atoms with Gasteiger partial charge in [0.1, 0.15) is 5.78 Å². The second kappa shape index (κ2) is 14.1. The summed E-state index contributed by atoms with van der Waals surface area (Å²) in [5, 5.41) is 10.1. The minimum absolute atomic E-state index is 0.121. The highest BCUT2D eigenvalue weighted by molar-refractivity contribution is 5.83. The lowest BCUT2D eigenvalue weighted by atomic mass is 9.89.